The second-order valence-corrected chi connectivity index (χ2v) is 12.5. The summed E-state index contributed by atoms with van der Waals surface area (Å²) in [4.78, 5) is 15.3. The van der Waals surface area contributed by atoms with Crippen molar-refractivity contribution in [1.82, 2.24) is 0 Å². The minimum absolute atomic E-state index is 0.0695. The summed E-state index contributed by atoms with van der Waals surface area (Å²) in [6.07, 6.45) is 4.26. The fourth-order valence-electron chi connectivity index (χ4n) is 6.32. The lowest BCUT2D eigenvalue weighted by atomic mass is 9.68. The van der Waals surface area contributed by atoms with Gasteiger partial charge in [-0.2, -0.15) is 0 Å². The van der Waals surface area contributed by atoms with Crippen LogP contribution >= 0.6 is 11.6 Å². The molecule has 1 aliphatic heterocycles. The lowest BCUT2D eigenvalue weighted by molar-refractivity contribution is -0.0183. The van der Waals surface area contributed by atoms with Gasteiger partial charge >= 0.3 is 5.97 Å². The molecular weight excluding hydrogens is 490 g/mol. The Balaban J connectivity index is 1.53. The molecule has 7 heteroatoms. The molecule has 0 radical (unpaired) electrons. The minimum Gasteiger partial charge on any atom is -0.490 e. The third-order valence-corrected chi connectivity index (χ3v) is 8.52. The van der Waals surface area contributed by atoms with Crippen molar-refractivity contribution in [3.63, 3.8) is 0 Å². The lowest BCUT2D eigenvalue weighted by Gasteiger charge is -2.45. The summed E-state index contributed by atoms with van der Waals surface area (Å²) in [6.45, 7) is 7.38. The predicted octanol–water partition coefficient (Wildman–Crippen LogP) is 5.15. The highest BCUT2D eigenvalue weighted by Crippen LogP contribution is 2.46. The number of aliphatic hydroxyl groups is 2. The number of anilines is 1. The number of esters is 1. The van der Waals surface area contributed by atoms with E-state index in [2.05, 4.69) is 17.0 Å². The number of hydrogen-bond donors (Lipinski definition) is 2. The topological polar surface area (TPSA) is 79.2 Å². The summed E-state index contributed by atoms with van der Waals surface area (Å²) in [5, 5.41) is 20.7. The van der Waals surface area contributed by atoms with Gasteiger partial charge in [0.15, 0.2) is 0 Å². The Labute approximate surface area is 224 Å². The van der Waals surface area contributed by atoms with E-state index in [-0.39, 0.29) is 29.8 Å². The molecule has 0 bridgehead atoms. The second kappa shape index (κ2) is 10.1. The van der Waals surface area contributed by atoms with Crippen LogP contribution in [0.15, 0.2) is 36.4 Å². The van der Waals surface area contributed by atoms with Gasteiger partial charge in [0.1, 0.15) is 11.4 Å². The number of ether oxygens (including phenoxy) is 2. The zero-order valence-electron chi connectivity index (χ0n) is 22.0. The largest absolute Gasteiger partial charge is 0.490 e. The Kier molecular flexibility index (Phi) is 7.20. The normalized spacial score (nSPS) is 25.8. The van der Waals surface area contributed by atoms with Gasteiger partial charge in [0, 0.05) is 23.5 Å². The number of fused-ring (bicyclic) bond motifs is 3. The summed E-state index contributed by atoms with van der Waals surface area (Å²) in [5.74, 6) is 0.719. The maximum atomic E-state index is 12.9. The summed E-state index contributed by atoms with van der Waals surface area (Å²) in [5.41, 5.74) is 3.14. The van der Waals surface area contributed by atoms with Gasteiger partial charge in [0.2, 0.25) is 0 Å². The molecule has 3 aliphatic rings. The van der Waals surface area contributed by atoms with E-state index in [1.807, 2.05) is 39.0 Å². The third-order valence-electron chi connectivity index (χ3n) is 8.28. The van der Waals surface area contributed by atoms with Crippen LogP contribution in [-0.2, 0) is 16.6 Å². The van der Waals surface area contributed by atoms with Crippen molar-refractivity contribution in [2.45, 2.75) is 70.0 Å². The van der Waals surface area contributed by atoms with Gasteiger partial charge in [-0.15, -0.1) is 0 Å². The maximum Gasteiger partial charge on any atom is 0.338 e. The van der Waals surface area contributed by atoms with Crippen molar-refractivity contribution in [2.24, 2.45) is 11.8 Å². The number of carbonyl (C=O) groups excluding carboxylic acids is 1. The van der Waals surface area contributed by atoms with E-state index < -0.39 is 11.7 Å². The number of aliphatic hydroxyl groups excluding tert-OH is 2. The van der Waals surface area contributed by atoms with Crippen LogP contribution < -0.4 is 9.64 Å². The van der Waals surface area contributed by atoms with E-state index in [1.165, 1.54) is 11.1 Å². The number of aryl methyl sites for hydroxylation is 1. The molecule has 2 aromatic carbocycles. The molecule has 0 aromatic heterocycles. The molecule has 2 aliphatic carbocycles. The van der Waals surface area contributed by atoms with Gasteiger partial charge < -0.3 is 24.6 Å². The van der Waals surface area contributed by atoms with Crippen LogP contribution in [0.2, 0.25) is 5.02 Å². The van der Waals surface area contributed by atoms with Gasteiger partial charge in [-0.1, -0.05) is 17.7 Å². The van der Waals surface area contributed by atoms with Crippen LogP contribution in [0.4, 0.5) is 5.69 Å². The number of benzene rings is 2. The van der Waals surface area contributed by atoms with E-state index in [0.717, 1.165) is 61.7 Å². The van der Waals surface area contributed by atoms with Gasteiger partial charge in [0.05, 0.1) is 30.6 Å². The molecule has 37 heavy (non-hydrogen) atoms. The van der Waals surface area contributed by atoms with Crippen molar-refractivity contribution in [3.05, 3.63) is 58.1 Å². The number of rotatable bonds is 5. The van der Waals surface area contributed by atoms with E-state index in [9.17, 15) is 15.0 Å². The monoisotopic (exact) mass is 527 g/mol. The first kappa shape index (κ1) is 26.3. The van der Waals surface area contributed by atoms with Crippen LogP contribution in [0, 0.1) is 11.8 Å². The van der Waals surface area contributed by atoms with Crippen molar-refractivity contribution in [3.8, 4) is 5.75 Å². The van der Waals surface area contributed by atoms with Crippen molar-refractivity contribution < 1.29 is 24.5 Å². The van der Waals surface area contributed by atoms with E-state index >= 15 is 0 Å². The Morgan fingerprint density at radius 3 is 2.76 bits per heavy atom. The van der Waals surface area contributed by atoms with E-state index in [4.69, 9.17) is 21.1 Å². The zero-order chi connectivity index (χ0) is 26.4. The molecule has 200 valence electrons. The first-order valence-electron chi connectivity index (χ1n) is 13.4. The highest BCUT2D eigenvalue weighted by molar-refractivity contribution is 6.30. The number of nitrogens with zero attached hydrogens (tertiary/aromatic N) is 1. The highest BCUT2D eigenvalue weighted by atomic mass is 35.5. The Bertz CT molecular complexity index is 1160. The van der Waals surface area contributed by atoms with Gasteiger partial charge in [0.25, 0.3) is 0 Å². The Morgan fingerprint density at radius 2 is 2.05 bits per heavy atom. The SMILES string of the molecule is CC(C)(C)OC(=O)c1ccc2c(c1)N(C[C@@H]1CC[C@H]1[C@H](O)CO)C[C@@]1(CCCc3cc(Cl)ccc31)CO2. The second-order valence-electron chi connectivity index (χ2n) is 12.0. The number of halogens is 1. The average molecular weight is 528 g/mol. The van der Waals surface area contributed by atoms with Crippen molar-refractivity contribution >= 4 is 23.3 Å². The standard InChI is InChI=1S/C30H38ClNO5/c1-29(2,3)37-28(35)20-7-11-27-25(14-20)32(15-21-6-9-23(21)26(34)16-33)17-30(18-36-27)12-4-5-19-13-22(31)8-10-24(19)30/h7-8,10-11,13-14,21,23,26,33-34H,4-6,9,12,15-18H2,1-3H3/t21-,23+,26+,30-/m0/s1. The molecule has 1 saturated carbocycles. The number of carbonyl (C=O) groups is 1. The summed E-state index contributed by atoms with van der Waals surface area (Å²) < 4.78 is 12.2. The molecule has 0 saturated heterocycles. The van der Waals surface area contributed by atoms with E-state index in [0.29, 0.717) is 12.2 Å². The van der Waals surface area contributed by atoms with Crippen molar-refractivity contribution in [2.75, 3.05) is 31.2 Å². The van der Waals surface area contributed by atoms with Gasteiger partial charge in [-0.25, -0.2) is 4.79 Å². The maximum absolute atomic E-state index is 12.9. The Hall–Kier alpha value is -2.28. The van der Waals surface area contributed by atoms with Crippen LogP contribution in [0.25, 0.3) is 0 Å². The minimum atomic E-state index is -0.707. The predicted molar refractivity (Wildman–Crippen MR) is 145 cm³/mol. The molecule has 1 heterocycles. The van der Waals surface area contributed by atoms with Crippen LogP contribution in [-0.4, -0.2) is 54.2 Å². The van der Waals surface area contributed by atoms with E-state index in [1.54, 1.807) is 6.07 Å². The third kappa shape index (κ3) is 5.34. The highest BCUT2D eigenvalue weighted by Gasteiger charge is 2.44. The van der Waals surface area contributed by atoms with Crippen LogP contribution in [0.3, 0.4) is 0 Å². The molecule has 2 aromatic rings. The fraction of sp³-hybridized carbons (Fsp3) is 0.567. The van der Waals surface area contributed by atoms with Gasteiger partial charge in [-0.3, -0.25) is 0 Å². The Morgan fingerprint density at radius 1 is 1.24 bits per heavy atom. The average Bonchev–Trinajstić information content (AvgIpc) is 2.97. The van der Waals surface area contributed by atoms with Crippen molar-refractivity contribution in [1.29, 1.82) is 0 Å². The van der Waals surface area contributed by atoms with Crippen LogP contribution in [0.1, 0.15) is 67.9 Å². The van der Waals surface area contributed by atoms with Gasteiger partial charge in [-0.05, 0) is 106 Å². The molecule has 6 nitrogen and oxygen atoms in total. The smallest absolute Gasteiger partial charge is 0.338 e. The fourth-order valence-corrected chi connectivity index (χ4v) is 6.52. The molecule has 0 unspecified atom stereocenters. The molecule has 1 fully saturated rings. The number of hydrogen-bond acceptors (Lipinski definition) is 6. The first-order valence-corrected chi connectivity index (χ1v) is 13.8. The molecule has 5 rings (SSSR count). The molecule has 0 amide bonds. The van der Waals surface area contributed by atoms with Crippen LogP contribution in [0.5, 0.6) is 5.75 Å². The quantitative estimate of drug-likeness (QED) is 0.524. The summed E-state index contributed by atoms with van der Waals surface area (Å²) >= 11 is 6.36. The summed E-state index contributed by atoms with van der Waals surface area (Å²) in [6, 6.07) is 11.8. The zero-order valence-corrected chi connectivity index (χ0v) is 22.8. The molecule has 1 spiro atoms. The molecule has 4 atom stereocenters. The molecule has 2 N–H and O–H groups in total. The first-order chi connectivity index (χ1) is 17.6. The lowest BCUT2D eigenvalue weighted by Crippen LogP contribution is -2.50. The molecular formula is C30H38ClNO5. The summed E-state index contributed by atoms with van der Waals surface area (Å²) in [7, 11) is 0.